The Morgan fingerprint density at radius 1 is 1.32 bits per heavy atom. The van der Waals surface area contributed by atoms with Gasteiger partial charge in [-0.25, -0.2) is 4.98 Å². The minimum atomic E-state index is 0.123. The number of nitrogens with zero attached hydrogens (tertiary/aromatic N) is 3. The van der Waals surface area contributed by atoms with Crippen LogP contribution in [0, 0.1) is 0 Å². The van der Waals surface area contributed by atoms with Crippen LogP contribution >= 0.6 is 23.2 Å². The van der Waals surface area contributed by atoms with Crippen molar-refractivity contribution in [3.05, 3.63) is 52.1 Å². The maximum absolute atomic E-state index is 8.92. The molecule has 1 heterocycles. The molecule has 2 aromatic rings. The molecular formula is C15H16Cl2N4O. The molecule has 1 aromatic carbocycles. The molecule has 2 rings (SSSR count). The molecule has 2 N–H and O–H groups in total. The van der Waals surface area contributed by atoms with Crippen LogP contribution in [0.25, 0.3) is 0 Å². The smallest absolute Gasteiger partial charge is 0.165 e. The van der Waals surface area contributed by atoms with Crippen LogP contribution in [0.15, 0.2) is 41.6 Å². The fraction of sp³-hybridized carbons (Fsp3) is 0.200. The quantitative estimate of drug-likeness (QED) is 0.626. The molecule has 0 amide bonds. The molecule has 0 saturated carbocycles. The highest BCUT2D eigenvalue weighted by molar-refractivity contribution is 6.35. The highest BCUT2D eigenvalue weighted by atomic mass is 35.5. The Morgan fingerprint density at radius 2 is 2.05 bits per heavy atom. The van der Waals surface area contributed by atoms with E-state index in [0.717, 1.165) is 11.3 Å². The van der Waals surface area contributed by atoms with Crippen LogP contribution in [-0.4, -0.2) is 36.5 Å². The highest BCUT2D eigenvalue weighted by Crippen LogP contribution is 2.22. The predicted octanol–water partition coefficient (Wildman–Crippen LogP) is 3.26. The molecule has 0 atom stereocenters. The van der Waals surface area contributed by atoms with Crippen molar-refractivity contribution in [2.24, 2.45) is 5.10 Å². The molecule has 0 unspecified atom stereocenters. The lowest BCUT2D eigenvalue weighted by Crippen LogP contribution is -2.20. The molecule has 0 fully saturated rings. The number of halogens is 2. The summed E-state index contributed by atoms with van der Waals surface area (Å²) in [5.41, 5.74) is 4.73. The fourth-order valence-electron chi connectivity index (χ4n) is 1.76. The fourth-order valence-corrected chi connectivity index (χ4v) is 2.18. The Bertz CT molecular complexity index is 646. The largest absolute Gasteiger partial charge is 0.395 e. The topological polar surface area (TPSA) is 60.8 Å². The van der Waals surface area contributed by atoms with Crippen molar-refractivity contribution in [2.75, 3.05) is 30.5 Å². The number of pyridine rings is 1. The number of rotatable bonds is 6. The Kier molecular flexibility index (Phi) is 6.00. The van der Waals surface area contributed by atoms with E-state index in [9.17, 15) is 0 Å². The zero-order valence-electron chi connectivity index (χ0n) is 12.0. The van der Waals surface area contributed by atoms with E-state index < -0.39 is 0 Å². The van der Waals surface area contributed by atoms with Gasteiger partial charge in [-0.2, -0.15) is 5.10 Å². The van der Waals surface area contributed by atoms with Crippen LogP contribution in [0.3, 0.4) is 0 Å². The van der Waals surface area contributed by atoms with E-state index in [4.69, 9.17) is 28.3 Å². The number of nitrogens with one attached hydrogen (secondary N) is 1. The van der Waals surface area contributed by atoms with Gasteiger partial charge in [0.15, 0.2) is 5.82 Å². The van der Waals surface area contributed by atoms with Crippen LogP contribution in [0.1, 0.15) is 5.56 Å². The van der Waals surface area contributed by atoms with Gasteiger partial charge in [0.05, 0.1) is 22.9 Å². The van der Waals surface area contributed by atoms with Crippen molar-refractivity contribution in [3.63, 3.8) is 0 Å². The second-order valence-electron chi connectivity index (χ2n) is 4.59. The number of hydrogen-bond acceptors (Lipinski definition) is 5. The van der Waals surface area contributed by atoms with Gasteiger partial charge in [-0.15, -0.1) is 0 Å². The molecule has 22 heavy (non-hydrogen) atoms. The van der Waals surface area contributed by atoms with Gasteiger partial charge in [-0.3, -0.25) is 5.43 Å². The summed E-state index contributed by atoms with van der Waals surface area (Å²) in [7, 11) is 1.93. The first-order valence-corrected chi connectivity index (χ1v) is 7.38. The van der Waals surface area contributed by atoms with E-state index in [2.05, 4.69) is 15.5 Å². The molecule has 7 heteroatoms. The lowest BCUT2D eigenvalue weighted by atomic mass is 10.2. The van der Waals surface area contributed by atoms with Gasteiger partial charge in [0.1, 0.15) is 0 Å². The average Bonchev–Trinajstić information content (AvgIpc) is 2.50. The van der Waals surface area contributed by atoms with Crippen LogP contribution in [0.4, 0.5) is 11.5 Å². The molecule has 0 spiro atoms. The van der Waals surface area contributed by atoms with Crippen molar-refractivity contribution in [1.82, 2.24) is 4.98 Å². The highest BCUT2D eigenvalue weighted by Gasteiger charge is 2.01. The summed E-state index contributed by atoms with van der Waals surface area (Å²) in [6.07, 6.45) is 3.17. The Labute approximate surface area is 139 Å². The number of hydrogen-bond donors (Lipinski definition) is 2. The number of benzene rings is 1. The lowest BCUT2D eigenvalue weighted by molar-refractivity contribution is 0.304. The second kappa shape index (κ2) is 7.98. The van der Waals surface area contributed by atoms with Crippen molar-refractivity contribution in [2.45, 2.75) is 0 Å². The molecule has 5 nitrogen and oxygen atoms in total. The van der Waals surface area contributed by atoms with E-state index in [1.54, 1.807) is 12.3 Å². The number of aromatic nitrogens is 1. The Hall–Kier alpha value is -1.82. The lowest BCUT2D eigenvalue weighted by Gasteiger charge is -2.17. The summed E-state index contributed by atoms with van der Waals surface area (Å²) in [5.74, 6) is 0.446. The number of hydrazone groups is 1. The van der Waals surface area contributed by atoms with Gasteiger partial charge >= 0.3 is 0 Å². The van der Waals surface area contributed by atoms with Gasteiger partial charge in [0, 0.05) is 25.5 Å². The summed E-state index contributed by atoms with van der Waals surface area (Å²) < 4.78 is 0. The average molecular weight is 339 g/mol. The Morgan fingerprint density at radius 3 is 2.68 bits per heavy atom. The van der Waals surface area contributed by atoms with E-state index >= 15 is 0 Å². The maximum Gasteiger partial charge on any atom is 0.165 e. The maximum atomic E-state index is 8.92. The summed E-state index contributed by atoms with van der Waals surface area (Å²) >= 11 is 11.8. The van der Waals surface area contributed by atoms with Gasteiger partial charge in [-0.1, -0.05) is 35.3 Å². The number of likely N-dealkylation sites (N-methyl/N-ethyl adjacent to an activating group) is 1. The Balaban J connectivity index is 1.98. The van der Waals surface area contributed by atoms with E-state index in [0.29, 0.717) is 22.4 Å². The SMILES string of the molecule is CN(CCO)c1ccc(/C=N/Nc2ncc(Cl)cc2Cl)cc1. The summed E-state index contributed by atoms with van der Waals surface area (Å²) in [4.78, 5) is 6.02. The molecular weight excluding hydrogens is 323 g/mol. The predicted molar refractivity (Wildman–Crippen MR) is 92.3 cm³/mol. The molecule has 1 aromatic heterocycles. The first-order valence-electron chi connectivity index (χ1n) is 6.62. The zero-order chi connectivity index (χ0) is 15.9. The molecule has 0 aliphatic heterocycles. The van der Waals surface area contributed by atoms with Crippen molar-refractivity contribution >= 4 is 40.9 Å². The van der Waals surface area contributed by atoms with Gasteiger partial charge in [0.2, 0.25) is 0 Å². The summed E-state index contributed by atoms with van der Waals surface area (Å²) in [5, 5.41) is 13.9. The van der Waals surface area contributed by atoms with Crippen LogP contribution in [0.2, 0.25) is 10.0 Å². The number of aliphatic hydroxyl groups excluding tert-OH is 1. The normalized spacial score (nSPS) is 10.9. The van der Waals surface area contributed by atoms with Gasteiger partial charge in [-0.05, 0) is 23.8 Å². The standard InChI is InChI=1S/C15H16Cl2N4O/c1-21(6-7-22)13-4-2-11(3-5-13)9-19-20-15-14(17)8-12(16)10-18-15/h2-5,8-10,22H,6-7H2,1H3,(H,18,20)/b19-9+. The summed E-state index contributed by atoms with van der Waals surface area (Å²) in [6.45, 7) is 0.716. The molecule has 116 valence electrons. The third-order valence-electron chi connectivity index (χ3n) is 2.96. The van der Waals surface area contributed by atoms with Gasteiger partial charge in [0.25, 0.3) is 0 Å². The summed E-state index contributed by atoms with van der Waals surface area (Å²) in [6, 6.07) is 9.39. The minimum Gasteiger partial charge on any atom is -0.395 e. The van der Waals surface area contributed by atoms with Crippen LogP contribution in [0.5, 0.6) is 0 Å². The number of aliphatic hydroxyl groups is 1. The third kappa shape index (κ3) is 4.59. The van der Waals surface area contributed by atoms with E-state index in [-0.39, 0.29) is 6.61 Å². The van der Waals surface area contributed by atoms with Gasteiger partial charge < -0.3 is 10.0 Å². The molecule has 0 bridgehead atoms. The van der Waals surface area contributed by atoms with Crippen LogP contribution < -0.4 is 10.3 Å². The van der Waals surface area contributed by atoms with E-state index in [1.165, 1.54) is 6.20 Å². The molecule has 0 radical (unpaired) electrons. The van der Waals surface area contributed by atoms with Crippen molar-refractivity contribution in [1.29, 1.82) is 0 Å². The third-order valence-corrected chi connectivity index (χ3v) is 3.46. The van der Waals surface area contributed by atoms with Crippen molar-refractivity contribution in [3.8, 4) is 0 Å². The van der Waals surface area contributed by atoms with Crippen LogP contribution in [-0.2, 0) is 0 Å². The molecule has 0 aliphatic carbocycles. The van der Waals surface area contributed by atoms with Crippen molar-refractivity contribution < 1.29 is 5.11 Å². The van der Waals surface area contributed by atoms with E-state index in [1.807, 2.05) is 36.2 Å². The molecule has 0 saturated heterocycles. The minimum absolute atomic E-state index is 0.123. The zero-order valence-corrected chi connectivity index (χ0v) is 13.5. The second-order valence-corrected chi connectivity index (χ2v) is 5.43. The monoisotopic (exact) mass is 338 g/mol. The number of anilines is 2. The first-order chi connectivity index (χ1) is 10.6. The first kappa shape index (κ1) is 16.5. The molecule has 0 aliphatic rings.